The molecule has 1 heterocycles. The van der Waals surface area contributed by atoms with Crippen molar-refractivity contribution < 1.29 is 24.2 Å². The van der Waals surface area contributed by atoms with Gasteiger partial charge in [-0.3, -0.25) is 14.5 Å². The van der Waals surface area contributed by atoms with Crippen LogP contribution in [0.25, 0.3) is 6.08 Å². The number of aliphatic carboxylic acids is 1. The van der Waals surface area contributed by atoms with Crippen LogP contribution in [-0.2, 0) is 9.59 Å². The molecule has 1 saturated heterocycles. The molecule has 27 heavy (non-hydrogen) atoms. The van der Waals surface area contributed by atoms with E-state index in [1.807, 2.05) is 6.07 Å². The summed E-state index contributed by atoms with van der Waals surface area (Å²) in [4.78, 5) is 25.0. The van der Waals surface area contributed by atoms with Crippen molar-refractivity contribution in [2.75, 3.05) is 20.3 Å². The first-order chi connectivity index (χ1) is 12.9. The number of carbonyl (C=O) groups is 2. The lowest BCUT2D eigenvalue weighted by atomic mass is 10.2. The molecule has 0 spiro atoms. The first-order valence-corrected chi connectivity index (χ1v) is 10.4. The number of rotatable bonds is 9. The Bertz CT molecular complexity index is 781. The molecule has 2 rings (SSSR count). The monoisotopic (exact) mass is 473 g/mol. The number of methoxy groups -OCH3 is 1. The Morgan fingerprint density at radius 3 is 2.81 bits per heavy atom. The van der Waals surface area contributed by atoms with E-state index in [9.17, 15) is 9.59 Å². The van der Waals surface area contributed by atoms with E-state index in [0.717, 1.165) is 34.6 Å². The third-order valence-electron chi connectivity index (χ3n) is 3.72. The van der Waals surface area contributed by atoms with E-state index in [4.69, 9.17) is 26.8 Å². The molecule has 1 N–H and O–H groups in total. The SMILES string of the molecule is CCCCOc1c(Br)cc(/C=C2\SC(=S)N(CCC(=O)O)C2=O)cc1OC. The molecule has 0 aromatic heterocycles. The summed E-state index contributed by atoms with van der Waals surface area (Å²) in [6.45, 7) is 2.74. The summed E-state index contributed by atoms with van der Waals surface area (Å²) in [5.41, 5.74) is 0.750. The number of thiocarbonyl (C=S) groups is 1. The van der Waals surface area contributed by atoms with E-state index < -0.39 is 5.97 Å². The third kappa shape index (κ3) is 5.70. The van der Waals surface area contributed by atoms with Crippen molar-refractivity contribution >= 4 is 62.2 Å². The predicted molar refractivity (Wildman–Crippen MR) is 113 cm³/mol. The van der Waals surface area contributed by atoms with Crippen LogP contribution in [0, 0.1) is 0 Å². The van der Waals surface area contributed by atoms with Gasteiger partial charge in [0, 0.05) is 6.54 Å². The summed E-state index contributed by atoms with van der Waals surface area (Å²) in [5.74, 6) is -0.0739. The highest BCUT2D eigenvalue weighted by Crippen LogP contribution is 2.39. The highest BCUT2D eigenvalue weighted by atomic mass is 79.9. The molecule has 0 bridgehead atoms. The van der Waals surface area contributed by atoms with Crippen molar-refractivity contribution in [3.05, 3.63) is 27.1 Å². The summed E-state index contributed by atoms with van der Waals surface area (Å²) in [5, 5.41) is 8.81. The Labute approximate surface area is 176 Å². The summed E-state index contributed by atoms with van der Waals surface area (Å²) in [6.07, 6.45) is 3.53. The van der Waals surface area contributed by atoms with Gasteiger partial charge in [0.05, 0.1) is 29.5 Å². The molecule has 0 saturated carbocycles. The van der Waals surface area contributed by atoms with Crippen molar-refractivity contribution in [2.45, 2.75) is 26.2 Å². The number of carbonyl (C=O) groups excluding carboxylic acids is 1. The van der Waals surface area contributed by atoms with Gasteiger partial charge in [-0.1, -0.05) is 37.3 Å². The lowest BCUT2D eigenvalue weighted by Gasteiger charge is -2.13. The number of nitrogens with zero attached hydrogens (tertiary/aromatic N) is 1. The molecule has 146 valence electrons. The highest BCUT2D eigenvalue weighted by molar-refractivity contribution is 9.10. The van der Waals surface area contributed by atoms with Gasteiger partial charge in [0.25, 0.3) is 5.91 Å². The smallest absolute Gasteiger partial charge is 0.305 e. The summed E-state index contributed by atoms with van der Waals surface area (Å²) in [6, 6.07) is 3.63. The molecule has 0 radical (unpaired) electrons. The minimum absolute atomic E-state index is 0.0640. The maximum absolute atomic E-state index is 12.5. The number of halogens is 1. The summed E-state index contributed by atoms with van der Waals surface area (Å²) >= 11 is 9.85. The molecular weight excluding hydrogens is 454 g/mol. The number of hydrogen-bond donors (Lipinski definition) is 1. The first-order valence-electron chi connectivity index (χ1n) is 8.34. The van der Waals surface area contributed by atoms with Crippen LogP contribution in [0.2, 0.25) is 0 Å². The molecule has 1 aromatic carbocycles. The normalized spacial score (nSPS) is 15.5. The second kappa shape index (κ2) is 10.1. The quantitative estimate of drug-likeness (QED) is 0.325. The minimum atomic E-state index is -0.972. The number of amides is 1. The van der Waals surface area contributed by atoms with Gasteiger partial charge in [-0.25, -0.2) is 0 Å². The maximum Gasteiger partial charge on any atom is 0.305 e. The Morgan fingerprint density at radius 1 is 1.44 bits per heavy atom. The van der Waals surface area contributed by atoms with Gasteiger partial charge in [-0.15, -0.1) is 0 Å². The zero-order valence-corrected chi connectivity index (χ0v) is 18.2. The number of hydrogen-bond acceptors (Lipinski definition) is 6. The topological polar surface area (TPSA) is 76.1 Å². The summed E-state index contributed by atoms with van der Waals surface area (Å²) in [7, 11) is 1.56. The largest absolute Gasteiger partial charge is 0.493 e. The van der Waals surface area contributed by atoms with Gasteiger partial charge >= 0.3 is 5.97 Å². The molecular formula is C18H20BrNO5S2. The maximum atomic E-state index is 12.5. The fraction of sp³-hybridized carbons (Fsp3) is 0.389. The van der Waals surface area contributed by atoms with E-state index in [1.54, 1.807) is 19.3 Å². The van der Waals surface area contributed by atoms with Crippen LogP contribution in [0.1, 0.15) is 31.7 Å². The van der Waals surface area contributed by atoms with Crippen molar-refractivity contribution in [3.63, 3.8) is 0 Å². The Hall–Kier alpha value is -1.58. The Balaban J connectivity index is 2.23. The average Bonchev–Trinajstić information content (AvgIpc) is 2.88. The predicted octanol–water partition coefficient (Wildman–Crippen LogP) is 4.31. The molecule has 6 nitrogen and oxygen atoms in total. The van der Waals surface area contributed by atoms with Crippen LogP contribution in [0.4, 0.5) is 0 Å². The Morgan fingerprint density at radius 2 is 2.19 bits per heavy atom. The molecule has 1 amide bonds. The van der Waals surface area contributed by atoms with Crippen LogP contribution < -0.4 is 9.47 Å². The van der Waals surface area contributed by atoms with Crippen LogP contribution in [-0.4, -0.2) is 46.5 Å². The van der Waals surface area contributed by atoms with Crippen molar-refractivity contribution in [2.24, 2.45) is 0 Å². The van der Waals surface area contributed by atoms with Gasteiger partial charge in [0.15, 0.2) is 11.5 Å². The molecule has 1 aliphatic rings. The number of carboxylic acid groups (broad SMARTS) is 1. The van der Waals surface area contributed by atoms with Gasteiger partial charge in [-0.05, 0) is 46.1 Å². The second-order valence-corrected chi connectivity index (χ2v) is 8.24. The van der Waals surface area contributed by atoms with E-state index in [0.29, 0.717) is 27.3 Å². The molecule has 1 aromatic rings. The third-order valence-corrected chi connectivity index (χ3v) is 5.68. The van der Waals surface area contributed by atoms with E-state index in [1.165, 1.54) is 4.90 Å². The lowest BCUT2D eigenvalue weighted by molar-refractivity contribution is -0.137. The molecule has 0 unspecified atom stereocenters. The van der Waals surface area contributed by atoms with Crippen molar-refractivity contribution in [3.8, 4) is 11.5 Å². The fourth-order valence-corrected chi connectivity index (χ4v) is 4.22. The molecule has 1 aliphatic heterocycles. The van der Waals surface area contributed by atoms with E-state index >= 15 is 0 Å². The van der Waals surface area contributed by atoms with Crippen molar-refractivity contribution in [1.82, 2.24) is 4.90 Å². The van der Waals surface area contributed by atoms with Crippen LogP contribution in [0.15, 0.2) is 21.5 Å². The minimum Gasteiger partial charge on any atom is -0.493 e. The zero-order chi connectivity index (χ0) is 20.0. The lowest BCUT2D eigenvalue weighted by Crippen LogP contribution is -2.30. The summed E-state index contributed by atoms with van der Waals surface area (Å²) < 4.78 is 12.3. The molecule has 0 atom stereocenters. The second-order valence-electron chi connectivity index (χ2n) is 5.71. The fourth-order valence-electron chi connectivity index (χ4n) is 2.33. The van der Waals surface area contributed by atoms with Crippen LogP contribution >= 0.6 is 39.9 Å². The first kappa shape index (κ1) is 21.7. The average molecular weight is 474 g/mol. The van der Waals surface area contributed by atoms with E-state index in [-0.39, 0.29) is 18.9 Å². The number of benzene rings is 1. The van der Waals surface area contributed by atoms with Crippen LogP contribution in [0.3, 0.4) is 0 Å². The van der Waals surface area contributed by atoms with Gasteiger partial charge < -0.3 is 14.6 Å². The van der Waals surface area contributed by atoms with Gasteiger partial charge in [0.1, 0.15) is 4.32 Å². The van der Waals surface area contributed by atoms with Crippen LogP contribution in [0.5, 0.6) is 11.5 Å². The number of carboxylic acids is 1. The van der Waals surface area contributed by atoms with Gasteiger partial charge in [-0.2, -0.15) is 0 Å². The molecule has 1 fully saturated rings. The molecule has 9 heteroatoms. The van der Waals surface area contributed by atoms with Gasteiger partial charge in [0.2, 0.25) is 0 Å². The number of thioether (sulfide) groups is 1. The Kier molecular flexibility index (Phi) is 8.12. The van der Waals surface area contributed by atoms with Crippen molar-refractivity contribution in [1.29, 1.82) is 0 Å². The van der Waals surface area contributed by atoms with E-state index in [2.05, 4.69) is 22.9 Å². The molecule has 0 aliphatic carbocycles. The highest BCUT2D eigenvalue weighted by Gasteiger charge is 2.32. The number of unbranched alkanes of at least 4 members (excludes halogenated alkanes) is 1. The zero-order valence-electron chi connectivity index (χ0n) is 15.0. The standard InChI is InChI=1S/C18H20BrNO5S2/c1-3-4-7-25-16-12(19)8-11(9-13(16)24-2)10-14-17(23)20(18(26)27-14)6-5-15(21)22/h8-10H,3-7H2,1-2H3,(H,21,22)/b14-10-. The number of ether oxygens (including phenoxy) is 2.